The quantitative estimate of drug-likeness (QED) is 0.238. The number of pyridine rings is 1. The number of imidazole rings is 1. The third-order valence-corrected chi connectivity index (χ3v) is 6.21. The lowest BCUT2D eigenvalue weighted by Gasteiger charge is -2.39. The first-order valence-electron chi connectivity index (χ1n) is 10.9. The Morgan fingerprint density at radius 2 is 1.89 bits per heavy atom. The maximum absolute atomic E-state index is 13.7. The number of rotatable bonds is 5. The van der Waals surface area contributed by atoms with E-state index < -0.39 is 36.9 Å². The Labute approximate surface area is 207 Å². The molecule has 0 saturated carbocycles. The molecule has 188 valence electrons. The van der Waals surface area contributed by atoms with E-state index >= 15 is 0 Å². The van der Waals surface area contributed by atoms with E-state index in [1.165, 1.54) is 4.90 Å². The van der Waals surface area contributed by atoms with Crippen molar-refractivity contribution in [2.45, 2.75) is 32.0 Å². The Morgan fingerprint density at radius 3 is 2.53 bits per heavy atom. The normalized spacial score (nSPS) is 16.3. The number of benzene rings is 1. The molecule has 1 aromatic carbocycles. The van der Waals surface area contributed by atoms with E-state index in [4.69, 9.17) is 11.6 Å². The second-order valence-electron chi connectivity index (χ2n) is 8.83. The van der Waals surface area contributed by atoms with Crippen LogP contribution in [0, 0.1) is 6.92 Å². The van der Waals surface area contributed by atoms with Gasteiger partial charge in [-0.05, 0) is 43.7 Å². The second-order valence-corrected chi connectivity index (χ2v) is 9.22. The Kier molecular flexibility index (Phi) is 5.58. The van der Waals surface area contributed by atoms with Gasteiger partial charge in [-0.25, -0.2) is 23.7 Å². The summed E-state index contributed by atoms with van der Waals surface area (Å²) in [4.78, 5) is 13.9. The van der Waals surface area contributed by atoms with Crippen LogP contribution in [-0.2, 0) is 6.18 Å². The molecule has 0 aliphatic carbocycles. The zero-order chi connectivity index (χ0) is 26.0. The minimum atomic E-state index is -4.71. The summed E-state index contributed by atoms with van der Waals surface area (Å²) in [7, 11) is 0. The van der Waals surface area contributed by atoms with Crippen LogP contribution in [-0.4, -0.2) is 38.4 Å². The molecule has 4 heterocycles. The molecular weight excluding hydrogens is 503 g/mol. The molecule has 0 radical (unpaired) electrons. The molecule has 1 saturated heterocycles. The molecule has 0 bridgehead atoms. The fourth-order valence-corrected chi connectivity index (χ4v) is 4.51. The molecular formula is C24H20ClF5N6. The highest BCUT2D eigenvalue weighted by Gasteiger charge is 2.46. The number of hydrogen-bond acceptors (Lipinski definition) is 5. The monoisotopic (exact) mass is 522 g/mol. The van der Waals surface area contributed by atoms with E-state index in [0.717, 1.165) is 16.2 Å². The average molecular weight is 523 g/mol. The largest absolute Gasteiger partial charge is 0.434 e. The predicted octanol–water partition coefficient (Wildman–Crippen LogP) is 6.53. The first-order chi connectivity index (χ1) is 16.9. The van der Waals surface area contributed by atoms with E-state index in [1.807, 2.05) is 19.9 Å². The van der Waals surface area contributed by atoms with Gasteiger partial charge < -0.3 is 10.2 Å². The zero-order valence-electron chi connectivity index (χ0n) is 19.2. The maximum atomic E-state index is 13.7. The molecule has 4 aromatic rings. The standard InChI is InChI=1S/C24H20ClF5N6/c1-4-16-17(5-6-19(25)32-16)31-13(3)14-7-12(2)8-15-20(14)34-22(35-10-23(26,27)11-35)36-9-18(24(28,29)30)33-21(15)36/h4-9,13,31H,1,10-11H2,2-3H3. The van der Waals surface area contributed by atoms with Gasteiger partial charge in [0.05, 0.1) is 36.0 Å². The molecule has 1 aliphatic heterocycles. The number of halogens is 6. The van der Waals surface area contributed by atoms with Crippen molar-refractivity contribution < 1.29 is 22.0 Å². The molecule has 36 heavy (non-hydrogen) atoms. The van der Waals surface area contributed by atoms with Gasteiger partial charge in [0.15, 0.2) is 5.69 Å². The van der Waals surface area contributed by atoms with Crippen LogP contribution in [0.25, 0.3) is 22.6 Å². The van der Waals surface area contributed by atoms with E-state index in [2.05, 4.69) is 26.8 Å². The molecule has 1 N–H and O–H groups in total. The Bertz CT molecular complexity index is 1500. The van der Waals surface area contributed by atoms with Crippen LogP contribution in [0.5, 0.6) is 0 Å². The summed E-state index contributed by atoms with van der Waals surface area (Å²) >= 11 is 5.98. The van der Waals surface area contributed by atoms with Crippen LogP contribution in [0.1, 0.15) is 35.5 Å². The highest BCUT2D eigenvalue weighted by molar-refractivity contribution is 6.29. The van der Waals surface area contributed by atoms with Gasteiger partial charge in [0.2, 0.25) is 5.95 Å². The first kappa shape index (κ1) is 24.2. The summed E-state index contributed by atoms with van der Waals surface area (Å²) in [5.41, 5.74) is 1.82. The summed E-state index contributed by atoms with van der Waals surface area (Å²) in [5.74, 6) is -2.96. The fourth-order valence-electron chi connectivity index (χ4n) is 4.36. The lowest BCUT2D eigenvalue weighted by Crippen LogP contribution is -2.57. The van der Waals surface area contributed by atoms with Crippen molar-refractivity contribution in [3.63, 3.8) is 0 Å². The number of fused-ring (bicyclic) bond motifs is 3. The molecule has 5 rings (SSSR count). The van der Waals surface area contributed by atoms with E-state index in [1.54, 1.807) is 24.3 Å². The Balaban J connectivity index is 1.70. The minimum absolute atomic E-state index is 0.00497. The van der Waals surface area contributed by atoms with Crippen LogP contribution in [0.15, 0.2) is 37.0 Å². The zero-order valence-corrected chi connectivity index (χ0v) is 19.9. The van der Waals surface area contributed by atoms with Gasteiger partial charge in [-0.3, -0.25) is 4.40 Å². The van der Waals surface area contributed by atoms with Crippen LogP contribution in [0.4, 0.5) is 33.6 Å². The maximum Gasteiger partial charge on any atom is 0.434 e. The van der Waals surface area contributed by atoms with Crippen molar-refractivity contribution in [1.82, 2.24) is 19.4 Å². The summed E-state index contributed by atoms with van der Waals surface area (Å²) in [6.07, 6.45) is -2.37. The molecule has 1 aliphatic rings. The van der Waals surface area contributed by atoms with Crippen LogP contribution in [0.3, 0.4) is 0 Å². The average Bonchev–Trinajstić information content (AvgIpc) is 3.24. The van der Waals surface area contributed by atoms with Crippen molar-refractivity contribution in [3.05, 3.63) is 64.7 Å². The van der Waals surface area contributed by atoms with Crippen LogP contribution < -0.4 is 10.2 Å². The second kappa shape index (κ2) is 8.29. The molecule has 6 nitrogen and oxygen atoms in total. The lowest BCUT2D eigenvalue weighted by atomic mass is 10.0. The number of anilines is 2. The minimum Gasteiger partial charge on any atom is -0.377 e. The summed E-state index contributed by atoms with van der Waals surface area (Å²) in [5, 5.41) is 3.99. The molecule has 0 spiro atoms. The van der Waals surface area contributed by atoms with Crippen LogP contribution in [0.2, 0.25) is 5.15 Å². The van der Waals surface area contributed by atoms with Gasteiger partial charge in [0.1, 0.15) is 10.8 Å². The van der Waals surface area contributed by atoms with Crippen molar-refractivity contribution in [3.8, 4) is 0 Å². The van der Waals surface area contributed by atoms with Gasteiger partial charge in [-0.15, -0.1) is 0 Å². The number of alkyl halides is 5. The van der Waals surface area contributed by atoms with Gasteiger partial charge >= 0.3 is 6.18 Å². The molecule has 1 atom stereocenters. The topological polar surface area (TPSA) is 58.4 Å². The van der Waals surface area contributed by atoms with Crippen LogP contribution >= 0.6 is 11.6 Å². The highest BCUT2D eigenvalue weighted by atomic mass is 35.5. The van der Waals surface area contributed by atoms with Crippen molar-refractivity contribution in [2.24, 2.45) is 0 Å². The number of aryl methyl sites for hydroxylation is 1. The lowest BCUT2D eigenvalue weighted by molar-refractivity contribution is -0.140. The summed E-state index contributed by atoms with van der Waals surface area (Å²) in [6.45, 7) is 6.12. The van der Waals surface area contributed by atoms with Gasteiger partial charge in [0, 0.05) is 17.1 Å². The summed E-state index contributed by atoms with van der Waals surface area (Å²) < 4.78 is 69.1. The Hall–Kier alpha value is -3.47. The number of nitrogens with one attached hydrogen (secondary N) is 1. The number of nitrogens with zero attached hydrogens (tertiary/aromatic N) is 5. The highest BCUT2D eigenvalue weighted by Crippen LogP contribution is 2.38. The molecule has 12 heteroatoms. The fraction of sp³-hybridized carbons (Fsp3) is 0.292. The Morgan fingerprint density at radius 1 is 1.17 bits per heavy atom. The first-order valence-corrected chi connectivity index (χ1v) is 11.3. The number of aromatic nitrogens is 4. The third-order valence-electron chi connectivity index (χ3n) is 6.00. The van der Waals surface area contributed by atoms with Crippen molar-refractivity contribution >= 4 is 45.9 Å². The number of hydrogen-bond donors (Lipinski definition) is 1. The van der Waals surface area contributed by atoms with Crippen molar-refractivity contribution in [2.75, 3.05) is 23.3 Å². The summed E-state index contributed by atoms with van der Waals surface area (Å²) in [6, 6.07) is 6.50. The molecule has 1 unspecified atom stereocenters. The SMILES string of the molecule is C=Cc1nc(Cl)ccc1NC(C)c1cc(C)cc2c1nc(N1CC(F)(F)C1)n1cc(C(F)(F)F)nc21. The van der Waals surface area contributed by atoms with Crippen molar-refractivity contribution in [1.29, 1.82) is 0 Å². The van der Waals surface area contributed by atoms with E-state index in [0.29, 0.717) is 33.0 Å². The van der Waals surface area contributed by atoms with E-state index in [9.17, 15) is 22.0 Å². The molecule has 1 fully saturated rings. The third kappa shape index (κ3) is 4.21. The predicted molar refractivity (Wildman–Crippen MR) is 129 cm³/mol. The van der Waals surface area contributed by atoms with Gasteiger partial charge in [0.25, 0.3) is 5.92 Å². The van der Waals surface area contributed by atoms with Gasteiger partial charge in [-0.2, -0.15) is 13.2 Å². The molecule has 3 aromatic heterocycles. The molecule has 0 amide bonds. The van der Waals surface area contributed by atoms with E-state index in [-0.39, 0.29) is 11.6 Å². The van der Waals surface area contributed by atoms with Gasteiger partial charge in [-0.1, -0.05) is 24.2 Å². The smallest absolute Gasteiger partial charge is 0.377 e.